The molecule has 2 fully saturated rings. The average Bonchev–Trinajstić information content (AvgIpc) is 2.87. The highest BCUT2D eigenvalue weighted by Crippen LogP contribution is 2.40. The molecule has 38 heavy (non-hydrogen) atoms. The number of nitrogens with zero attached hydrogens (tertiary/aromatic N) is 4. The Kier molecular flexibility index (Phi) is 7.35. The van der Waals surface area contributed by atoms with Gasteiger partial charge in [-0.3, -0.25) is 14.9 Å². The monoisotopic (exact) mass is 546 g/mol. The summed E-state index contributed by atoms with van der Waals surface area (Å²) in [5, 5.41) is 20.8. The highest BCUT2D eigenvalue weighted by molar-refractivity contribution is 5.72. The SMILES string of the molecule is O=C(O)C1CCN(c2ccc(C(F)(F)F)c(N3CCN(c4cccc(C(F)(F)F)c4)CC3)c2)CC1[N+](=O)[O-]. The molecule has 0 aromatic heterocycles. The van der Waals surface area contributed by atoms with E-state index in [0.717, 1.165) is 18.2 Å². The first kappa shape index (κ1) is 27.3. The van der Waals surface area contributed by atoms with Crippen molar-refractivity contribution >= 4 is 23.0 Å². The number of carbonyl (C=O) groups is 1. The van der Waals surface area contributed by atoms with E-state index in [4.69, 9.17) is 0 Å². The zero-order chi connectivity index (χ0) is 27.8. The van der Waals surface area contributed by atoms with Gasteiger partial charge in [-0.15, -0.1) is 0 Å². The number of carboxylic acid groups (broad SMARTS) is 1. The van der Waals surface area contributed by atoms with Crippen molar-refractivity contribution < 1.29 is 41.2 Å². The maximum atomic E-state index is 13.9. The van der Waals surface area contributed by atoms with Crippen molar-refractivity contribution in [3.8, 4) is 0 Å². The second kappa shape index (κ2) is 10.2. The molecule has 2 saturated heterocycles. The highest BCUT2D eigenvalue weighted by Gasteiger charge is 2.43. The standard InChI is InChI=1S/C24H24F6N4O4/c25-23(26,27)15-2-1-3-16(12-15)31-8-10-32(11-9-31)20-13-17(4-5-19(20)24(28,29)30)33-7-6-18(22(35)36)21(14-33)34(37)38/h1-5,12-13,18,21H,6-11,14H2,(H,35,36). The molecule has 2 aliphatic rings. The molecule has 2 aromatic carbocycles. The van der Waals surface area contributed by atoms with Crippen LogP contribution in [0.1, 0.15) is 17.5 Å². The van der Waals surface area contributed by atoms with Gasteiger partial charge in [0.15, 0.2) is 0 Å². The number of nitro groups is 1. The Hall–Kier alpha value is -3.71. The van der Waals surface area contributed by atoms with Gasteiger partial charge >= 0.3 is 18.3 Å². The number of aliphatic carboxylic acids is 1. The fraction of sp³-hybridized carbons (Fsp3) is 0.458. The summed E-state index contributed by atoms with van der Waals surface area (Å²) in [5.41, 5.74) is -1.25. The Labute approximate surface area is 213 Å². The minimum absolute atomic E-state index is 0.0347. The number of halogens is 6. The van der Waals surface area contributed by atoms with E-state index in [1.54, 1.807) is 4.90 Å². The third-order valence-electron chi connectivity index (χ3n) is 6.98. The molecule has 0 aliphatic carbocycles. The Bertz CT molecular complexity index is 1200. The van der Waals surface area contributed by atoms with Gasteiger partial charge in [-0.05, 0) is 42.8 Å². The summed E-state index contributed by atoms with van der Waals surface area (Å²) >= 11 is 0. The number of piperazine rings is 1. The predicted octanol–water partition coefficient (Wildman–Crippen LogP) is 4.61. The summed E-state index contributed by atoms with van der Waals surface area (Å²) in [4.78, 5) is 26.9. The zero-order valence-corrected chi connectivity index (χ0v) is 19.9. The zero-order valence-electron chi connectivity index (χ0n) is 19.9. The fourth-order valence-electron chi connectivity index (χ4n) is 4.97. The van der Waals surface area contributed by atoms with Crippen LogP contribution in [0.3, 0.4) is 0 Å². The molecule has 14 heteroatoms. The van der Waals surface area contributed by atoms with E-state index >= 15 is 0 Å². The van der Waals surface area contributed by atoms with E-state index in [9.17, 15) is 46.4 Å². The quantitative estimate of drug-likeness (QED) is 0.333. The van der Waals surface area contributed by atoms with Crippen molar-refractivity contribution in [3.63, 3.8) is 0 Å². The molecule has 1 N–H and O–H groups in total. The summed E-state index contributed by atoms with van der Waals surface area (Å²) in [5.74, 6) is -2.49. The molecular weight excluding hydrogens is 522 g/mol. The van der Waals surface area contributed by atoms with Gasteiger partial charge in [0.2, 0.25) is 6.04 Å². The molecule has 2 aliphatic heterocycles. The maximum absolute atomic E-state index is 13.9. The van der Waals surface area contributed by atoms with E-state index in [1.807, 2.05) is 0 Å². The summed E-state index contributed by atoms with van der Waals surface area (Å²) < 4.78 is 80.9. The smallest absolute Gasteiger partial charge is 0.418 e. The minimum Gasteiger partial charge on any atom is -0.481 e. The molecule has 0 amide bonds. The summed E-state index contributed by atoms with van der Waals surface area (Å²) in [6.45, 7) is 0.406. The first-order valence-electron chi connectivity index (χ1n) is 11.8. The van der Waals surface area contributed by atoms with Crippen LogP contribution < -0.4 is 14.7 Å². The van der Waals surface area contributed by atoms with Crippen molar-refractivity contribution in [3.05, 3.63) is 63.7 Å². The molecular formula is C24H24F6N4O4. The molecule has 0 bridgehead atoms. The van der Waals surface area contributed by atoms with Gasteiger partial charge in [0.1, 0.15) is 5.92 Å². The molecule has 2 unspecified atom stereocenters. The lowest BCUT2D eigenvalue weighted by atomic mass is 9.91. The molecule has 8 nitrogen and oxygen atoms in total. The largest absolute Gasteiger partial charge is 0.481 e. The number of anilines is 3. The van der Waals surface area contributed by atoms with Crippen LogP contribution >= 0.6 is 0 Å². The molecule has 2 heterocycles. The van der Waals surface area contributed by atoms with Crippen molar-refractivity contribution in [1.29, 1.82) is 0 Å². The van der Waals surface area contributed by atoms with E-state index in [-0.39, 0.29) is 51.4 Å². The highest BCUT2D eigenvalue weighted by atomic mass is 19.4. The number of alkyl halides is 6. The molecule has 206 valence electrons. The van der Waals surface area contributed by atoms with Gasteiger partial charge in [-0.2, -0.15) is 26.3 Å². The van der Waals surface area contributed by atoms with Crippen LogP contribution in [-0.2, 0) is 17.1 Å². The molecule has 0 radical (unpaired) electrons. The number of rotatable bonds is 5. The Balaban J connectivity index is 1.56. The first-order valence-corrected chi connectivity index (χ1v) is 11.8. The van der Waals surface area contributed by atoms with Gasteiger partial charge < -0.3 is 19.8 Å². The van der Waals surface area contributed by atoms with Gasteiger partial charge in [0.25, 0.3) is 0 Å². The Morgan fingerprint density at radius 3 is 2.08 bits per heavy atom. The number of piperidine rings is 1. The van der Waals surface area contributed by atoms with E-state index in [2.05, 4.69) is 0 Å². The van der Waals surface area contributed by atoms with Crippen molar-refractivity contribution in [2.24, 2.45) is 5.92 Å². The van der Waals surface area contributed by atoms with Crippen LogP contribution in [0.5, 0.6) is 0 Å². The number of hydrogen-bond acceptors (Lipinski definition) is 6. The Morgan fingerprint density at radius 2 is 1.50 bits per heavy atom. The van der Waals surface area contributed by atoms with E-state index in [1.165, 1.54) is 34.1 Å². The third-order valence-corrected chi connectivity index (χ3v) is 6.98. The molecule has 0 spiro atoms. The number of carboxylic acids is 1. The average molecular weight is 546 g/mol. The normalized spacial score (nSPS) is 20.9. The van der Waals surface area contributed by atoms with Crippen LogP contribution in [0.2, 0.25) is 0 Å². The van der Waals surface area contributed by atoms with Gasteiger partial charge in [0.05, 0.1) is 23.4 Å². The summed E-state index contributed by atoms with van der Waals surface area (Å²) in [6.07, 6.45) is -9.24. The van der Waals surface area contributed by atoms with Crippen LogP contribution in [0.4, 0.5) is 43.4 Å². The first-order chi connectivity index (χ1) is 17.8. The minimum atomic E-state index is -4.69. The predicted molar refractivity (Wildman–Crippen MR) is 126 cm³/mol. The second-order valence-electron chi connectivity index (χ2n) is 9.25. The Morgan fingerprint density at radius 1 is 0.868 bits per heavy atom. The lowest BCUT2D eigenvalue weighted by Gasteiger charge is -2.39. The van der Waals surface area contributed by atoms with Crippen LogP contribution in [0.15, 0.2) is 42.5 Å². The lowest BCUT2D eigenvalue weighted by Crippen LogP contribution is -2.50. The summed E-state index contributed by atoms with van der Waals surface area (Å²) in [6, 6.07) is 6.73. The van der Waals surface area contributed by atoms with E-state index in [0.29, 0.717) is 11.4 Å². The molecule has 4 rings (SSSR count). The van der Waals surface area contributed by atoms with Crippen molar-refractivity contribution in [1.82, 2.24) is 0 Å². The fourth-order valence-corrected chi connectivity index (χ4v) is 4.97. The van der Waals surface area contributed by atoms with Crippen molar-refractivity contribution in [2.45, 2.75) is 24.8 Å². The number of hydrogen-bond donors (Lipinski definition) is 1. The lowest BCUT2D eigenvalue weighted by molar-refractivity contribution is -0.528. The topological polar surface area (TPSA) is 90.2 Å². The van der Waals surface area contributed by atoms with Crippen LogP contribution in [0, 0.1) is 16.0 Å². The van der Waals surface area contributed by atoms with E-state index < -0.39 is 46.3 Å². The maximum Gasteiger partial charge on any atom is 0.418 e. The van der Waals surface area contributed by atoms with Gasteiger partial charge in [-0.1, -0.05) is 6.07 Å². The second-order valence-corrected chi connectivity index (χ2v) is 9.25. The third kappa shape index (κ3) is 5.73. The van der Waals surface area contributed by atoms with Crippen LogP contribution in [-0.4, -0.2) is 61.3 Å². The van der Waals surface area contributed by atoms with Gasteiger partial charge in [0, 0.05) is 49.0 Å². The van der Waals surface area contributed by atoms with Gasteiger partial charge in [-0.25, -0.2) is 0 Å². The molecule has 2 aromatic rings. The molecule has 2 atom stereocenters. The van der Waals surface area contributed by atoms with Crippen LogP contribution in [0.25, 0.3) is 0 Å². The molecule has 0 saturated carbocycles. The number of benzene rings is 2. The van der Waals surface area contributed by atoms with Crippen molar-refractivity contribution in [2.75, 3.05) is 54.0 Å². The summed E-state index contributed by atoms with van der Waals surface area (Å²) in [7, 11) is 0.